The summed E-state index contributed by atoms with van der Waals surface area (Å²) in [6, 6.07) is 13.4. The van der Waals surface area contributed by atoms with Gasteiger partial charge in [-0.1, -0.05) is 17.7 Å². The topological polar surface area (TPSA) is 54.0 Å². The van der Waals surface area contributed by atoms with Crippen molar-refractivity contribution in [3.05, 3.63) is 83.4 Å². The fraction of sp³-hybridized carbons (Fsp3) is 0.100. The molecule has 0 saturated carbocycles. The van der Waals surface area contributed by atoms with Crippen molar-refractivity contribution in [3.8, 4) is 0 Å². The van der Waals surface area contributed by atoms with Gasteiger partial charge in [-0.15, -0.1) is 0 Å². The lowest BCUT2D eigenvalue weighted by Crippen LogP contribution is -2.12. The number of halogens is 1. The number of carbonyl (C=O) groups excluding carboxylic acids is 1. The first-order chi connectivity index (χ1) is 12.0. The summed E-state index contributed by atoms with van der Waals surface area (Å²) in [6.45, 7) is 4.06. The lowest BCUT2D eigenvalue weighted by molar-refractivity contribution is 0.102. The maximum Gasteiger partial charge on any atom is 0.257 e. The van der Waals surface area contributed by atoms with E-state index in [1.165, 1.54) is 36.0 Å². The minimum Gasteiger partial charge on any atom is -0.354 e. The molecule has 0 saturated heterocycles. The average molecular weight is 335 g/mol. The molecule has 2 N–H and O–H groups in total. The van der Waals surface area contributed by atoms with Gasteiger partial charge in [-0.05, 0) is 55.8 Å². The first kappa shape index (κ1) is 16.6. The van der Waals surface area contributed by atoms with Crippen molar-refractivity contribution in [2.45, 2.75) is 13.8 Å². The summed E-state index contributed by atoms with van der Waals surface area (Å²) >= 11 is 0. The summed E-state index contributed by atoms with van der Waals surface area (Å²) < 4.78 is 12.9. The van der Waals surface area contributed by atoms with Crippen molar-refractivity contribution in [2.24, 2.45) is 0 Å². The number of nitrogens with one attached hydrogen (secondary N) is 2. The van der Waals surface area contributed by atoms with Crippen LogP contribution in [0.5, 0.6) is 0 Å². The number of rotatable bonds is 4. The highest BCUT2D eigenvalue weighted by atomic mass is 19.1. The molecular formula is C20H18FN3O. The molecule has 0 aliphatic rings. The van der Waals surface area contributed by atoms with Gasteiger partial charge in [0, 0.05) is 17.6 Å². The highest BCUT2D eigenvalue weighted by Crippen LogP contribution is 2.22. The highest BCUT2D eigenvalue weighted by Gasteiger charge is 2.08. The minimum atomic E-state index is -0.348. The molecule has 4 nitrogen and oxygen atoms in total. The average Bonchev–Trinajstić information content (AvgIpc) is 2.60. The van der Waals surface area contributed by atoms with Crippen molar-refractivity contribution in [1.29, 1.82) is 0 Å². The molecule has 0 spiro atoms. The van der Waals surface area contributed by atoms with Crippen molar-refractivity contribution < 1.29 is 9.18 Å². The van der Waals surface area contributed by atoms with Gasteiger partial charge < -0.3 is 10.6 Å². The van der Waals surface area contributed by atoms with Gasteiger partial charge in [0.05, 0.1) is 17.4 Å². The van der Waals surface area contributed by atoms with Crippen LogP contribution in [0, 0.1) is 19.7 Å². The predicted octanol–water partition coefficient (Wildman–Crippen LogP) is 4.83. The van der Waals surface area contributed by atoms with Gasteiger partial charge in [-0.3, -0.25) is 9.78 Å². The van der Waals surface area contributed by atoms with Crippen molar-refractivity contribution in [2.75, 3.05) is 10.6 Å². The van der Waals surface area contributed by atoms with E-state index in [1.807, 2.05) is 26.0 Å². The van der Waals surface area contributed by atoms with Gasteiger partial charge in [0.2, 0.25) is 0 Å². The van der Waals surface area contributed by atoms with E-state index in [0.717, 1.165) is 16.9 Å². The number of hydrogen-bond acceptors (Lipinski definition) is 3. The van der Waals surface area contributed by atoms with Crippen molar-refractivity contribution in [1.82, 2.24) is 4.98 Å². The molecule has 0 bridgehead atoms. The van der Waals surface area contributed by atoms with Crippen LogP contribution < -0.4 is 10.6 Å². The van der Waals surface area contributed by atoms with Crippen molar-refractivity contribution in [3.63, 3.8) is 0 Å². The van der Waals surface area contributed by atoms with E-state index in [0.29, 0.717) is 11.3 Å². The Hall–Kier alpha value is -3.21. The molecule has 25 heavy (non-hydrogen) atoms. The molecule has 1 heterocycles. The van der Waals surface area contributed by atoms with Gasteiger partial charge in [0.25, 0.3) is 5.91 Å². The Bertz CT molecular complexity index is 907. The number of anilines is 3. The molecule has 0 fully saturated rings. The molecule has 5 heteroatoms. The van der Waals surface area contributed by atoms with E-state index in [2.05, 4.69) is 21.7 Å². The second-order valence-electron chi connectivity index (χ2n) is 5.87. The predicted molar refractivity (Wildman–Crippen MR) is 97.8 cm³/mol. The lowest BCUT2D eigenvalue weighted by Gasteiger charge is -2.11. The third-order valence-electron chi connectivity index (χ3n) is 3.76. The number of amides is 1. The maximum absolute atomic E-state index is 12.9. The second kappa shape index (κ2) is 7.13. The number of nitrogens with zero attached hydrogens (tertiary/aromatic N) is 1. The Kier molecular flexibility index (Phi) is 4.75. The molecule has 0 atom stereocenters. The molecule has 126 valence electrons. The van der Waals surface area contributed by atoms with E-state index in [1.54, 1.807) is 12.3 Å². The van der Waals surface area contributed by atoms with Crippen LogP contribution in [-0.4, -0.2) is 10.9 Å². The number of aromatic nitrogens is 1. The number of benzene rings is 2. The summed E-state index contributed by atoms with van der Waals surface area (Å²) in [4.78, 5) is 16.5. The summed E-state index contributed by atoms with van der Waals surface area (Å²) in [5.74, 6) is -0.650. The molecule has 0 aliphatic heterocycles. The van der Waals surface area contributed by atoms with Gasteiger partial charge in [-0.2, -0.15) is 0 Å². The largest absolute Gasteiger partial charge is 0.354 e. The fourth-order valence-corrected chi connectivity index (χ4v) is 2.48. The van der Waals surface area contributed by atoms with E-state index < -0.39 is 0 Å². The zero-order chi connectivity index (χ0) is 17.8. The Labute approximate surface area is 145 Å². The molecule has 3 rings (SSSR count). The Morgan fingerprint density at radius 1 is 0.960 bits per heavy atom. The van der Waals surface area contributed by atoms with E-state index in [9.17, 15) is 9.18 Å². The molecule has 2 aromatic carbocycles. The highest BCUT2D eigenvalue weighted by molar-refractivity contribution is 6.04. The van der Waals surface area contributed by atoms with Crippen LogP contribution in [0.2, 0.25) is 0 Å². The van der Waals surface area contributed by atoms with Crippen LogP contribution in [0.1, 0.15) is 21.5 Å². The second-order valence-corrected chi connectivity index (χ2v) is 5.87. The molecule has 0 radical (unpaired) electrons. The monoisotopic (exact) mass is 335 g/mol. The molecule has 1 amide bonds. The van der Waals surface area contributed by atoms with Crippen LogP contribution in [0.25, 0.3) is 0 Å². The third-order valence-corrected chi connectivity index (χ3v) is 3.76. The zero-order valence-electron chi connectivity index (χ0n) is 14.0. The molecular weight excluding hydrogens is 317 g/mol. The van der Waals surface area contributed by atoms with Crippen LogP contribution in [0.15, 0.2) is 60.9 Å². The van der Waals surface area contributed by atoms with Gasteiger partial charge in [-0.25, -0.2) is 4.39 Å². The van der Waals surface area contributed by atoms with Crippen LogP contribution >= 0.6 is 0 Å². The lowest BCUT2D eigenvalue weighted by atomic mass is 10.1. The standard InChI is InChI=1S/C20H18FN3O/c1-13-3-8-19(14(2)9-13)23-18-10-15(11-22-12-18)20(25)24-17-6-4-16(21)5-7-17/h3-12,23H,1-2H3,(H,24,25). The number of pyridine rings is 1. The minimum absolute atomic E-state index is 0.302. The number of carbonyl (C=O) groups is 1. The third kappa shape index (κ3) is 4.20. The first-order valence-electron chi connectivity index (χ1n) is 7.87. The van der Waals surface area contributed by atoms with Crippen molar-refractivity contribution >= 4 is 23.0 Å². The quantitative estimate of drug-likeness (QED) is 0.718. The van der Waals surface area contributed by atoms with Crippen LogP contribution in [0.3, 0.4) is 0 Å². The smallest absolute Gasteiger partial charge is 0.257 e. The Morgan fingerprint density at radius 3 is 2.44 bits per heavy atom. The first-order valence-corrected chi connectivity index (χ1v) is 7.87. The van der Waals surface area contributed by atoms with Crippen LogP contribution in [0.4, 0.5) is 21.5 Å². The van der Waals surface area contributed by atoms with Crippen LogP contribution in [-0.2, 0) is 0 Å². The summed E-state index contributed by atoms with van der Waals surface area (Å²) in [5, 5.41) is 6.00. The molecule has 3 aromatic rings. The maximum atomic E-state index is 12.9. The summed E-state index contributed by atoms with van der Waals surface area (Å²) in [7, 11) is 0. The summed E-state index contributed by atoms with van der Waals surface area (Å²) in [5.41, 5.74) is 4.93. The molecule has 0 unspecified atom stereocenters. The van der Waals surface area contributed by atoms with E-state index >= 15 is 0 Å². The normalized spacial score (nSPS) is 10.4. The zero-order valence-corrected chi connectivity index (χ0v) is 14.0. The Balaban J connectivity index is 1.76. The van der Waals surface area contributed by atoms with E-state index in [-0.39, 0.29) is 11.7 Å². The SMILES string of the molecule is Cc1ccc(Nc2cncc(C(=O)Nc3ccc(F)cc3)c2)c(C)c1. The fourth-order valence-electron chi connectivity index (χ4n) is 2.48. The van der Waals surface area contributed by atoms with Gasteiger partial charge in [0.1, 0.15) is 5.82 Å². The van der Waals surface area contributed by atoms with Gasteiger partial charge in [0.15, 0.2) is 0 Å². The number of hydrogen-bond donors (Lipinski definition) is 2. The van der Waals surface area contributed by atoms with Gasteiger partial charge >= 0.3 is 0 Å². The Morgan fingerprint density at radius 2 is 1.72 bits per heavy atom. The van der Waals surface area contributed by atoms with E-state index in [4.69, 9.17) is 0 Å². The summed E-state index contributed by atoms with van der Waals surface area (Å²) in [6.07, 6.45) is 3.15. The molecule has 0 aliphatic carbocycles. The molecule has 1 aromatic heterocycles. The number of aryl methyl sites for hydroxylation is 2.